The van der Waals surface area contributed by atoms with Crippen LogP contribution in [-0.2, 0) is 28.6 Å². The van der Waals surface area contributed by atoms with Crippen molar-refractivity contribution in [2.24, 2.45) is 0 Å². The van der Waals surface area contributed by atoms with Crippen LogP contribution in [0.1, 0.15) is 271 Å². The molecule has 0 aromatic carbocycles. The van der Waals surface area contributed by atoms with Crippen LogP contribution in [0.2, 0.25) is 0 Å². The number of ether oxygens (including phenoxy) is 3. The number of esters is 3. The summed E-state index contributed by atoms with van der Waals surface area (Å²) in [5, 5.41) is 0. The van der Waals surface area contributed by atoms with Crippen molar-refractivity contribution < 1.29 is 28.6 Å². The second-order valence-electron chi connectivity index (χ2n) is 19.5. The van der Waals surface area contributed by atoms with Gasteiger partial charge in [-0.05, 0) is 122 Å². The van der Waals surface area contributed by atoms with Crippen LogP contribution in [0.25, 0.3) is 0 Å². The average Bonchev–Trinajstić information content (AvgIpc) is 3.38. The van der Waals surface area contributed by atoms with Gasteiger partial charge in [-0.2, -0.15) is 0 Å². The third-order valence-corrected chi connectivity index (χ3v) is 12.5. The molecule has 0 radical (unpaired) electrons. The molecule has 0 spiro atoms. The fraction of sp³-hybridized carbons (Fsp3) is 0.682. The summed E-state index contributed by atoms with van der Waals surface area (Å²) in [6.45, 7) is 6.39. The van der Waals surface area contributed by atoms with Gasteiger partial charge in [-0.25, -0.2) is 0 Å². The van der Waals surface area contributed by atoms with Crippen molar-refractivity contribution in [2.45, 2.75) is 277 Å². The van der Waals surface area contributed by atoms with Gasteiger partial charge in [0.1, 0.15) is 13.2 Å². The summed E-state index contributed by atoms with van der Waals surface area (Å²) < 4.78 is 16.9. The summed E-state index contributed by atoms with van der Waals surface area (Å²) in [7, 11) is 0. The highest BCUT2D eigenvalue weighted by molar-refractivity contribution is 5.71. The number of rotatable bonds is 53. The van der Waals surface area contributed by atoms with Crippen LogP contribution in [0.4, 0.5) is 0 Å². The van der Waals surface area contributed by atoms with Crippen molar-refractivity contribution in [1.82, 2.24) is 0 Å². The van der Waals surface area contributed by atoms with E-state index >= 15 is 0 Å². The summed E-state index contributed by atoms with van der Waals surface area (Å²) >= 11 is 0. The number of carbonyl (C=O) groups excluding carboxylic acids is 3. The maximum absolute atomic E-state index is 12.9. The lowest BCUT2D eigenvalue weighted by atomic mass is 10.1. The van der Waals surface area contributed by atoms with Crippen LogP contribution >= 0.6 is 0 Å². The van der Waals surface area contributed by atoms with Crippen molar-refractivity contribution in [1.29, 1.82) is 0 Å². The molecule has 0 aromatic heterocycles. The molecular weight excluding hydrogens is 889 g/mol. The van der Waals surface area contributed by atoms with Crippen molar-refractivity contribution in [3.8, 4) is 0 Å². The molecule has 410 valence electrons. The molecule has 0 heterocycles. The Kier molecular flexibility index (Phi) is 56.4. The lowest BCUT2D eigenvalue weighted by Crippen LogP contribution is -2.30. The number of carbonyl (C=O) groups is 3. The summed E-state index contributed by atoms with van der Waals surface area (Å²) in [4.78, 5) is 38.2. The minimum Gasteiger partial charge on any atom is -0.462 e. The summed E-state index contributed by atoms with van der Waals surface area (Å²) in [6.07, 6.45) is 80.8. The normalized spacial score (nSPS) is 12.9. The van der Waals surface area contributed by atoms with E-state index in [0.717, 1.165) is 128 Å². The molecule has 0 saturated carbocycles. The molecule has 0 aliphatic carbocycles. The zero-order valence-corrected chi connectivity index (χ0v) is 46.9. The first-order valence-electron chi connectivity index (χ1n) is 29.9. The molecule has 0 N–H and O–H groups in total. The van der Waals surface area contributed by atoms with E-state index in [2.05, 4.69) is 130 Å². The quantitative estimate of drug-likeness (QED) is 0.0261. The molecule has 72 heavy (non-hydrogen) atoms. The Morgan fingerprint density at radius 3 is 0.861 bits per heavy atom. The van der Waals surface area contributed by atoms with Crippen LogP contribution in [0.5, 0.6) is 0 Å². The van der Waals surface area contributed by atoms with Gasteiger partial charge in [-0.1, -0.05) is 239 Å². The van der Waals surface area contributed by atoms with E-state index in [1.165, 1.54) is 103 Å². The fourth-order valence-electron chi connectivity index (χ4n) is 8.07. The molecule has 0 fully saturated rings. The molecule has 6 heteroatoms. The highest BCUT2D eigenvalue weighted by Gasteiger charge is 2.19. The molecular formula is C66H110O6. The second kappa shape index (κ2) is 59.6. The second-order valence-corrected chi connectivity index (χ2v) is 19.5. The smallest absolute Gasteiger partial charge is 0.306 e. The fourth-order valence-corrected chi connectivity index (χ4v) is 8.07. The number of unbranched alkanes of at least 4 members (excludes halogenated alkanes) is 24. The summed E-state index contributed by atoms with van der Waals surface area (Å²) in [5.41, 5.74) is 0. The molecule has 6 nitrogen and oxygen atoms in total. The maximum Gasteiger partial charge on any atom is 0.306 e. The van der Waals surface area contributed by atoms with Crippen molar-refractivity contribution in [2.75, 3.05) is 13.2 Å². The zero-order valence-electron chi connectivity index (χ0n) is 46.9. The molecule has 0 bridgehead atoms. The SMILES string of the molecule is CC/C=C\C/C=C\C/C=C\C/C=C\C/C=C\CCCCCCCCCC(=O)OCC(COC(=O)CCCCCCC/C=C\CCCCCCC)OC(=O)CCCCCCCCC/C=C\C/C=C\C/C=C\CC. The molecule has 1 atom stereocenters. The topological polar surface area (TPSA) is 78.9 Å². The van der Waals surface area contributed by atoms with E-state index in [0.29, 0.717) is 19.3 Å². The third kappa shape index (κ3) is 57.0. The lowest BCUT2D eigenvalue weighted by molar-refractivity contribution is -0.167. The van der Waals surface area contributed by atoms with Crippen molar-refractivity contribution in [3.63, 3.8) is 0 Å². The van der Waals surface area contributed by atoms with E-state index in [4.69, 9.17) is 14.2 Å². The van der Waals surface area contributed by atoms with E-state index < -0.39 is 6.10 Å². The first kappa shape index (κ1) is 68.1. The van der Waals surface area contributed by atoms with Gasteiger partial charge >= 0.3 is 17.9 Å². The number of allylic oxidation sites excluding steroid dienone is 18. The number of hydrogen-bond donors (Lipinski definition) is 0. The van der Waals surface area contributed by atoms with E-state index in [1.54, 1.807) is 0 Å². The van der Waals surface area contributed by atoms with Gasteiger partial charge in [0, 0.05) is 19.3 Å². The summed E-state index contributed by atoms with van der Waals surface area (Å²) in [5.74, 6) is -0.917. The van der Waals surface area contributed by atoms with Gasteiger partial charge in [-0.3, -0.25) is 14.4 Å². The first-order valence-corrected chi connectivity index (χ1v) is 29.9. The molecule has 1 unspecified atom stereocenters. The molecule has 0 aliphatic heterocycles. The van der Waals surface area contributed by atoms with Crippen molar-refractivity contribution in [3.05, 3.63) is 109 Å². The lowest BCUT2D eigenvalue weighted by Gasteiger charge is -2.18. The largest absolute Gasteiger partial charge is 0.462 e. The Labute approximate surface area is 444 Å². The Hall–Kier alpha value is -3.93. The predicted octanol–water partition coefficient (Wildman–Crippen LogP) is 20.3. The maximum atomic E-state index is 12.9. The Morgan fingerprint density at radius 1 is 0.292 bits per heavy atom. The third-order valence-electron chi connectivity index (χ3n) is 12.5. The van der Waals surface area contributed by atoms with Gasteiger partial charge in [0.2, 0.25) is 0 Å². The molecule has 0 saturated heterocycles. The molecule has 0 aliphatic rings. The first-order chi connectivity index (χ1) is 35.5. The summed E-state index contributed by atoms with van der Waals surface area (Å²) in [6, 6.07) is 0. The molecule has 0 aromatic rings. The Bertz CT molecular complexity index is 1470. The van der Waals surface area contributed by atoms with Crippen LogP contribution in [0.3, 0.4) is 0 Å². The van der Waals surface area contributed by atoms with E-state index in [1.807, 2.05) is 0 Å². The number of hydrogen-bond acceptors (Lipinski definition) is 6. The minimum absolute atomic E-state index is 0.0909. The van der Waals surface area contributed by atoms with E-state index in [9.17, 15) is 14.4 Å². The van der Waals surface area contributed by atoms with Crippen LogP contribution in [0, 0.1) is 0 Å². The van der Waals surface area contributed by atoms with Crippen LogP contribution in [0.15, 0.2) is 109 Å². The standard InChI is InChI=1S/C66H110O6/c1-4-7-10-13-16-19-22-25-28-30-31-32-33-34-35-37-38-41-44-47-50-53-56-59-65(68)71-62-63(61-70-64(67)58-55-52-49-46-43-40-27-24-21-18-15-12-9-6-3)72-66(69)60-57-54-51-48-45-42-39-36-29-26-23-20-17-14-11-8-5-2/h7-8,10-11,16-17,19-20,24-29,31-32,34-35,63H,4-6,9,12-15,18,21-23,30,33,36-62H2,1-3H3/b10-7-,11-8-,19-16-,20-17-,27-24-,28-25-,29-26-,32-31-,35-34-. The Morgan fingerprint density at radius 2 is 0.542 bits per heavy atom. The predicted molar refractivity (Wildman–Crippen MR) is 311 cm³/mol. The molecule has 0 rings (SSSR count). The minimum atomic E-state index is -0.794. The van der Waals surface area contributed by atoms with Gasteiger partial charge in [-0.15, -0.1) is 0 Å². The average molecular weight is 1000 g/mol. The van der Waals surface area contributed by atoms with Crippen molar-refractivity contribution >= 4 is 17.9 Å². The Balaban J connectivity index is 4.41. The van der Waals surface area contributed by atoms with Crippen LogP contribution < -0.4 is 0 Å². The van der Waals surface area contributed by atoms with Gasteiger partial charge < -0.3 is 14.2 Å². The highest BCUT2D eigenvalue weighted by atomic mass is 16.6. The van der Waals surface area contributed by atoms with Crippen LogP contribution in [-0.4, -0.2) is 37.2 Å². The van der Waals surface area contributed by atoms with E-state index in [-0.39, 0.29) is 31.1 Å². The van der Waals surface area contributed by atoms with Gasteiger partial charge in [0.25, 0.3) is 0 Å². The van der Waals surface area contributed by atoms with Gasteiger partial charge in [0.15, 0.2) is 6.10 Å². The highest BCUT2D eigenvalue weighted by Crippen LogP contribution is 2.15. The monoisotopic (exact) mass is 999 g/mol. The zero-order chi connectivity index (χ0) is 52.2. The molecule has 0 amide bonds. The van der Waals surface area contributed by atoms with Gasteiger partial charge in [0.05, 0.1) is 0 Å².